The van der Waals surface area contributed by atoms with Crippen molar-refractivity contribution in [2.75, 3.05) is 12.4 Å². The lowest BCUT2D eigenvalue weighted by Crippen LogP contribution is -2.08. The summed E-state index contributed by atoms with van der Waals surface area (Å²) in [5.74, 6) is 3.22. The van der Waals surface area contributed by atoms with E-state index in [9.17, 15) is 0 Å². The largest absolute Gasteiger partial charge is 0.496 e. The van der Waals surface area contributed by atoms with Crippen molar-refractivity contribution >= 4 is 5.82 Å². The van der Waals surface area contributed by atoms with Crippen molar-refractivity contribution in [2.24, 2.45) is 0 Å². The van der Waals surface area contributed by atoms with Gasteiger partial charge in [0.2, 0.25) is 0 Å². The highest BCUT2D eigenvalue weighted by Crippen LogP contribution is 2.38. The van der Waals surface area contributed by atoms with Crippen LogP contribution in [0, 0.1) is 0 Å². The molecule has 1 unspecified atom stereocenters. The van der Waals surface area contributed by atoms with Crippen LogP contribution < -0.4 is 10.1 Å². The summed E-state index contributed by atoms with van der Waals surface area (Å²) in [5, 5.41) is 7.56. The number of rotatable bonds is 5. The van der Waals surface area contributed by atoms with Gasteiger partial charge in [-0.15, -0.1) is 0 Å². The Hall–Kier alpha value is -2.89. The monoisotopic (exact) mass is 350 g/mol. The minimum Gasteiger partial charge on any atom is -0.496 e. The van der Waals surface area contributed by atoms with E-state index in [1.165, 1.54) is 11.1 Å². The lowest BCUT2D eigenvalue weighted by atomic mass is 10.1. The molecule has 1 aliphatic rings. The van der Waals surface area contributed by atoms with Crippen LogP contribution in [0.1, 0.15) is 49.2 Å². The third kappa shape index (κ3) is 3.03. The molecule has 2 heterocycles. The average molecular weight is 350 g/mol. The number of fused-ring (bicyclic) bond motifs is 1. The fourth-order valence-electron chi connectivity index (χ4n) is 3.37. The zero-order chi connectivity index (χ0) is 18.1. The third-order valence-electron chi connectivity index (χ3n) is 4.73. The van der Waals surface area contributed by atoms with Crippen LogP contribution in [-0.2, 0) is 6.42 Å². The van der Waals surface area contributed by atoms with Crippen LogP contribution in [0.25, 0.3) is 11.5 Å². The van der Waals surface area contributed by atoms with Crippen LogP contribution in [0.4, 0.5) is 5.82 Å². The SMILES string of the molecule is COc1cccc2c1CCC2Nc1cc(-c2nc(C(C)C)no2)ccn1. The van der Waals surface area contributed by atoms with E-state index in [-0.39, 0.29) is 12.0 Å². The van der Waals surface area contributed by atoms with Crippen LogP contribution in [0.2, 0.25) is 0 Å². The summed E-state index contributed by atoms with van der Waals surface area (Å²) < 4.78 is 10.9. The van der Waals surface area contributed by atoms with Gasteiger partial charge in [0.1, 0.15) is 11.6 Å². The molecule has 134 valence electrons. The number of benzene rings is 1. The highest BCUT2D eigenvalue weighted by atomic mass is 16.5. The van der Waals surface area contributed by atoms with Crippen molar-refractivity contribution < 1.29 is 9.26 Å². The van der Waals surface area contributed by atoms with Crippen LogP contribution in [0.15, 0.2) is 41.1 Å². The maximum absolute atomic E-state index is 5.48. The molecule has 0 aliphatic heterocycles. The Labute approximate surface area is 152 Å². The van der Waals surface area contributed by atoms with Crippen LogP contribution in [-0.4, -0.2) is 22.2 Å². The molecule has 0 bridgehead atoms. The number of hydrogen-bond donors (Lipinski definition) is 1. The zero-order valence-corrected chi connectivity index (χ0v) is 15.2. The second kappa shape index (κ2) is 6.78. The zero-order valence-electron chi connectivity index (χ0n) is 15.2. The first-order chi connectivity index (χ1) is 12.7. The molecule has 3 aromatic rings. The first kappa shape index (κ1) is 16.6. The fraction of sp³-hybridized carbons (Fsp3) is 0.350. The molecule has 4 rings (SSSR count). The van der Waals surface area contributed by atoms with Gasteiger partial charge < -0.3 is 14.6 Å². The molecule has 0 radical (unpaired) electrons. The summed E-state index contributed by atoms with van der Waals surface area (Å²) in [7, 11) is 1.72. The highest BCUT2D eigenvalue weighted by molar-refractivity contribution is 5.59. The Bertz CT molecular complexity index is 920. The number of pyridine rings is 1. The maximum atomic E-state index is 5.48. The van der Waals surface area contributed by atoms with E-state index in [2.05, 4.69) is 26.5 Å². The molecule has 0 spiro atoms. The van der Waals surface area contributed by atoms with E-state index in [0.29, 0.717) is 11.7 Å². The standard InChI is InChI=1S/C20H22N4O2/c1-12(2)19-23-20(26-24-19)13-9-10-21-18(11-13)22-16-8-7-15-14(16)5-4-6-17(15)25-3/h4-6,9-12,16H,7-8H2,1-3H3,(H,21,22). The highest BCUT2D eigenvalue weighted by Gasteiger charge is 2.25. The Kier molecular flexibility index (Phi) is 4.32. The van der Waals surface area contributed by atoms with Gasteiger partial charge in [-0.05, 0) is 42.2 Å². The Morgan fingerprint density at radius 2 is 2.15 bits per heavy atom. The number of hydrogen-bond acceptors (Lipinski definition) is 6. The summed E-state index contributed by atoms with van der Waals surface area (Å²) in [6.45, 7) is 4.08. The van der Waals surface area contributed by atoms with Gasteiger partial charge in [0.05, 0.1) is 13.2 Å². The molecule has 0 fully saturated rings. The van der Waals surface area contributed by atoms with Crippen molar-refractivity contribution in [1.29, 1.82) is 0 Å². The van der Waals surface area contributed by atoms with E-state index >= 15 is 0 Å². The third-order valence-corrected chi connectivity index (χ3v) is 4.73. The molecule has 6 nitrogen and oxygen atoms in total. The van der Waals surface area contributed by atoms with Crippen LogP contribution in [0.3, 0.4) is 0 Å². The molecule has 0 saturated carbocycles. The fourth-order valence-corrected chi connectivity index (χ4v) is 3.37. The van der Waals surface area contributed by atoms with Gasteiger partial charge in [-0.3, -0.25) is 0 Å². The van der Waals surface area contributed by atoms with Gasteiger partial charge in [-0.2, -0.15) is 4.98 Å². The molecule has 2 aromatic heterocycles. The number of nitrogens with one attached hydrogen (secondary N) is 1. The molecular weight excluding hydrogens is 328 g/mol. The van der Waals surface area contributed by atoms with Gasteiger partial charge in [-0.1, -0.05) is 31.1 Å². The van der Waals surface area contributed by atoms with E-state index < -0.39 is 0 Å². The summed E-state index contributed by atoms with van der Waals surface area (Å²) >= 11 is 0. The van der Waals surface area contributed by atoms with Gasteiger partial charge in [0.15, 0.2) is 5.82 Å². The summed E-state index contributed by atoms with van der Waals surface area (Å²) in [5.41, 5.74) is 3.42. The molecular formula is C20H22N4O2. The molecule has 26 heavy (non-hydrogen) atoms. The first-order valence-corrected chi connectivity index (χ1v) is 8.88. The second-order valence-electron chi connectivity index (χ2n) is 6.81. The lowest BCUT2D eigenvalue weighted by molar-refractivity contribution is 0.410. The van der Waals surface area contributed by atoms with Crippen molar-refractivity contribution in [3.8, 4) is 17.2 Å². The Morgan fingerprint density at radius 3 is 2.92 bits per heavy atom. The predicted molar refractivity (Wildman–Crippen MR) is 99.3 cm³/mol. The molecule has 0 amide bonds. The molecule has 1 aromatic carbocycles. The smallest absolute Gasteiger partial charge is 0.258 e. The van der Waals surface area contributed by atoms with E-state index in [1.807, 2.05) is 38.1 Å². The summed E-state index contributed by atoms with van der Waals surface area (Å²) in [6, 6.07) is 10.3. The minimum absolute atomic E-state index is 0.219. The summed E-state index contributed by atoms with van der Waals surface area (Å²) in [4.78, 5) is 8.92. The quantitative estimate of drug-likeness (QED) is 0.737. The van der Waals surface area contributed by atoms with Gasteiger partial charge in [0, 0.05) is 17.7 Å². The Morgan fingerprint density at radius 1 is 1.27 bits per heavy atom. The Balaban J connectivity index is 1.57. The van der Waals surface area contributed by atoms with Gasteiger partial charge >= 0.3 is 0 Å². The molecule has 6 heteroatoms. The van der Waals surface area contributed by atoms with Crippen molar-refractivity contribution in [3.05, 3.63) is 53.5 Å². The van der Waals surface area contributed by atoms with Crippen LogP contribution in [0.5, 0.6) is 5.75 Å². The van der Waals surface area contributed by atoms with E-state index in [1.54, 1.807) is 13.3 Å². The van der Waals surface area contributed by atoms with Gasteiger partial charge in [0.25, 0.3) is 5.89 Å². The molecule has 1 aliphatic carbocycles. The number of nitrogens with zero attached hydrogens (tertiary/aromatic N) is 3. The summed E-state index contributed by atoms with van der Waals surface area (Å²) in [6.07, 6.45) is 3.77. The normalized spacial score (nSPS) is 15.9. The molecule has 0 saturated heterocycles. The number of ether oxygens (including phenoxy) is 1. The van der Waals surface area contributed by atoms with Crippen molar-refractivity contribution in [1.82, 2.24) is 15.1 Å². The van der Waals surface area contributed by atoms with Crippen LogP contribution >= 0.6 is 0 Å². The second-order valence-corrected chi connectivity index (χ2v) is 6.81. The molecule has 1 atom stereocenters. The predicted octanol–water partition coefficient (Wildman–Crippen LogP) is 4.36. The van der Waals surface area contributed by atoms with E-state index in [0.717, 1.165) is 30.0 Å². The topological polar surface area (TPSA) is 73.1 Å². The van der Waals surface area contributed by atoms with Crippen molar-refractivity contribution in [3.63, 3.8) is 0 Å². The van der Waals surface area contributed by atoms with Crippen molar-refractivity contribution in [2.45, 2.75) is 38.6 Å². The first-order valence-electron chi connectivity index (χ1n) is 8.88. The lowest BCUT2D eigenvalue weighted by Gasteiger charge is -2.15. The minimum atomic E-state index is 0.219. The number of anilines is 1. The number of methoxy groups -OCH3 is 1. The maximum Gasteiger partial charge on any atom is 0.258 e. The average Bonchev–Trinajstić information content (AvgIpc) is 3.30. The van der Waals surface area contributed by atoms with Gasteiger partial charge in [-0.25, -0.2) is 4.98 Å². The molecule has 1 N–H and O–H groups in total. The van der Waals surface area contributed by atoms with E-state index in [4.69, 9.17) is 9.26 Å². The number of aromatic nitrogens is 3.